The first-order valence-corrected chi connectivity index (χ1v) is 11.9. The molecule has 1 rings (SSSR count). The van der Waals surface area contributed by atoms with Crippen molar-refractivity contribution in [1.29, 1.82) is 0 Å². The van der Waals surface area contributed by atoms with E-state index in [1.807, 2.05) is 6.92 Å². The molecule has 1 unspecified atom stereocenters. The molecule has 1 atom stereocenters. The number of hydrogen-bond acceptors (Lipinski definition) is 6. The molecule has 1 aromatic heterocycles. The molecule has 0 aromatic carbocycles. The second-order valence-electron chi connectivity index (χ2n) is 6.94. The molecule has 0 amide bonds. The number of thiophene rings is 1. The minimum absolute atomic E-state index is 0. The number of aliphatic hydroxyl groups is 1. The van der Waals surface area contributed by atoms with Gasteiger partial charge in [0, 0.05) is 31.7 Å². The van der Waals surface area contributed by atoms with Crippen LogP contribution in [0.4, 0.5) is 0 Å². The van der Waals surface area contributed by atoms with Crippen LogP contribution in [0.5, 0.6) is 0 Å². The van der Waals surface area contributed by atoms with Gasteiger partial charge in [-0.25, -0.2) is 8.42 Å². The number of rotatable bonds is 11. The van der Waals surface area contributed by atoms with Crippen LogP contribution in [0.15, 0.2) is 26.7 Å². The molecule has 1 heterocycles. The third kappa shape index (κ3) is 9.86. The highest BCUT2D eigenvalue weighted by molar-refractivity contribution is 14.0. The molecule has 0 radical (unpaired) electrons. The SMILES string of the molecule is CCNC(=NCC(O)CS(=O)(=O)c1cccs1)NCCN(C(C)C)C(C)C.I. The largest absolute Gasteiger partial charge is 0.390 e. The average Bonchev–Trinajstić information content (AvgIpc) is 3.10. The maximum absolute atomic E-state index is 12.2. The van der Waals surface area contributed by atoms with Crippen LogP contribution in [-0.2, 0) is 9.84 Å². The summed E-state index contributed by atoms with van der Waals surface area (Å²) >= 11 is 1.16. The van der Waals surface area contributed by atoms with Crippen molar-refractivity contribution in [2.45, 2.75) is 57.0 Å². The Hall–Kier alpha value is -0.430. The van der Waals surface area contributed by atoms with E-state index in [4.69, 9.17) is 0 Å². The predicted octanol–water partition coefficient (Wildman–Crippen LogP) is 2.17. The van der Waals surface area contributed by atoms with Gasteiger partial charge in [0.15, 0.2) is 15.8 Å². The number of sulfone groups is 1. The van der Waals surface area contributed by atoms with Gasteiger partial charge in [0.2, 0.25) is 0 Å². The Balaban J connectivity index is 0.00000729. The lowest BCUT2D eigenvalue weighted by Gasteiger charge is -2.30. The van der Waals surface area contributed by atoms with Crippen LogP contribution in [0.1, 0.15) is 34.6 Å². The third-order valence-corrected chi connectivity index (χ3v) is 7.29. The molecule has 0 saturated heterocycles. The van der Waals surface area contributed by atoms with Crippen molar-refractivity contribution in [1.82, 2.24) is 15.5 Å². The third-order valence-electron chi connectivity index (χ3n) is 4.01. The van der Waals surface area contributed by atoms with Crippen LogP contribution in [0.3, 0.4) is 0 Å². The topological polar surface area (TPSA) is 94.0 Å². The molecule has 0 fully saturated rings. The van der Waals surface area contributed by atoms with Gasteiger partial charge in [0.25, 0.3) is 0 Å². The van der Waals surface area contributed by atoms with Crippen molar-refractivity contribution in [2.24, 2.45) is 4.99 Å². The van der Waals surface area contributed by atoms with Gasteiger partial charge in [-0.2, -0.15) is 0 Å². The highest BCUT2D eigenvalue weighted by Gasteiger charge is 2.20. The minimum atomic E-state index is -3.47. The van der Waals surface area contributed by atoms with Crippen molar-refractivity contribution >= 4 is 51.1 Å². The van der Waals surface area contributed by atoms with Crippen LogP contribution in [0.2, 0.25) is 0 Å². The number of nitrogens with zero attached hydrogens (tertiary/aromatic N) is 2. The second-order valence-corrected chi connectivity index (χ2v) is 10.1. The zero-order chi connectivity index (χ0) is 20.4. The van der Waals surface area contributed by atoms with Gasteiger partial charge in [0.05, 0.1) is 18.4 Å². The highest BCUT2D eigenvalue weighted by atomic mass is 127. The van der Waals surface area contributed by atoms with E-state index < -0.39 is 15.9 Å². The maximum Gasteiger partial charge on any atom is 0.191 e. The van der Waals surface area contributed by atoms with E-state index in [0.29, 0.717) is 31.1 Å². The van der Waals surface area contributed by atoms with E-state index >= 15 is 0 Å². The normalized spacial score (nSPS) is 13.7. The van der Waals surface area contributed by atoms with Crippen molar-refractivity contribution in [3.8, 4) is 0 Å². The zero-order valence-electron chi connectivity index (χ0n) is 17.4. The Kier molecular flexibility index (Phi) is 13.5. The summed E-state index contributed by atoms with van der Waals surface area (Å²) in [4.78, 5) is 6.70. The predicted molar refractivity (Wildman–Crippen MR) is 129 cm³/mol. The lowest BCUT2D eigenvalue weighted by Crippen LogP contribution is -2.45. The summed E-state index contributed by atoms with van der Waals surface area (Å²) in [5, 5.41) is 18.2. The summed E-state index contributed by atoms with van der Waals surface area (Å²) in [5.41, 5.74) is 0. The van der Waals surface area contributed by atoms with E-state index in [-0.39, 0.29) is 40.5 Å². The smallest absolute Gasteiger partial charge is 0.191 e. The summed E-state index contributed by atoms with van der Waals surface area (Å²) in [6.07, 6.45) is -1.05. The Morgan fingerprint density at radius 1 is 1.25 bits per heavy atom. The Bertz CT molecular complexity index is 656. The maximum atomic E-state index is 12.2. The molecule has 3 N–H and O–H groups in total. The van der Waals surface area contributed by atoms with Gasteiger partial charge in [-0.3, -0.25) is 9.89 Å². The Morgan fingerprint density at radius 3 is 2.39 bits per heavy atom. The van der Waals surface area contributed by atoms with Crippen LogP contribution in [0.25, 0.3) is 0 Å². The standard InChI is InChI=1S/C18H34N4O3S2.HI/c1-6-19-18(20-9-10-22(14(2)3)15(4)5)21-12-16(23)13-27(24,25)17-8-7-11-26-17;/h7-8,11,14-16,23H,6,9-10,12-13H2,1-5H3,(H2,19,20,21);1H. The van der Waals surface area contributed by atoms with Gasteiger partial charge < -0.3 is 15.7 Å². The van der Waals surface area contributed by atoms with Gasteiger partial charge in [0.1, 0.15) is 4.21 Å². The number of aliphatic hydroxyl groups excluding tert-OH is 1. The lowest BCUT2D eigenvalue weighted by molar-refractivity contribution is 0.178. The van der Waals surface area contributed by atoms with Crippen LogP contribution < -0.4 is 10.6 Å². The molecule has 0 bridgehead atoms. The first kappa shape index (κ1) is 27.6. The monoisotopic (exact) mass is 546 g/mol. The molecular weight excluding hydrogens is 511 g/mol. The molecule has 0 aliphatic heterocycles. The fourth-order valence-corrected chi connectivity index (χ4v) is 5.25. The van der Waals surface area contributed by atoms with Gasteiger partial charge in [-0.05, 0) is 46.1 Å². The summed E-state index contributed by atoms with van der Waals surface area (Å²) in [6, 6.07) is 4.15. The van der Waals surface area contributed by atoms with Crippen LogP contribution >= 0.6 is 35.3 Å². The molecule has 28 heavy (non-hydrogen) atoms. The molecule has 0 saturated carbocycles. The van der Waals surface area contributed by atoms with Gasteiger partial charge in [-0.1, -0.05) is 6.07 Å². The van der Waals surface area contributed by atoms with Crippen molar-refractivity contribution < 1.29 is 13.5 Å². The van der Waals surface area contributed by atoms with Gasteiger partial charge >= 0.3 is 0 Å². The van der Waals surface area contributed by atoms with E-state index in [9.17, 15) is 13.5 Å². The quantitative estimate of drug-likeness (QED) is 0.224. The minimum Gasteiger partial charge on any atom is -0.390 e. The number of halogens is 1. The van der Waals surface area contributed by atoms with Crippen molar-refractivity contribution in [2.75, 3.05) is 31.9 Å². The molecule has 0 aliphatic carbocycles. The zero-order valence-corrected chi connectivity index (χ0v) is 21.3. The fraction of sp³-hybridized carbons (Fsp3) is 0.722. The number of guanidine groups is 1. The summed E-state index contributed by atoms with van der Waals surface area (Å²) in [6.45, 7) is 12.9. The van der Waals surface area contributed by atoms with Crippen LogP contribution in [0, 0.1) is 0 Å². The first-order valence-electron chi connectivity index (χ1n) is 9.39. The fourth-order valence-electron chi connectivity index (χ4n) is 2.78. The van der Waals surface area contributed by atoms with Crippen molar-refractivity contribution in [3.63, 3.8) is 0 Å². The highest BCUT2D eigenvalue weighted by Crippen LogP contribution is 2.18. The Labute approximate surface area is 190 Å². The van der Waals surface area contributed by atoms with E-state index in [2.05, 4.69) is 48.2 Å². The van der Waals surface area contributed by atoms with E-state index in [1.54, 1.807) is 17.5 Å². The number of aliphatic imine (C=N–C) groups is 1. The summed E-state index contributed by atoms with van der Waals surface area (Å²) < 4.78 is 24.7. The molecule has 0 aliphatic rings. The molecule has 1 aromatic rings. The first-order chi connectivity index (χ1) is 12.7. The molecule has 164 valence electrons. The van der Waals surface area contributed by atoms with E-state index in [1.165, 1.54) is 0 Å². The van der Waals surface area contributed by atoms with Crippen molar-refractivity contribution in [3.05, 3.63) is 17.5 Å². The molecule has 7 nitrogen and oxygen atoms in total. The number of nitrogens with one attached hydrogen (secondary N) is 2. The number of hydrogen-bond donors (Lipinski definition) is 3. The summed E-state index contributed by atoms with van der Waals surface area (Å²) in [5.74, 6) is 0.253. The molecule has 0 spiro atoms. The second kappa shape index (κ2) is 13.7. The average molecular weight is 547 g/mol. The lowest BCUT2D eigenvalue weighted by atomic mass is 10.2. The van der Waals surface area contributed by atoms with Crippen LogP contribution in [-0.4, -0.2) is 74.5 Å². The van der Waals surface area contributed by atoms with E-state index in [0.717, 1.165) is 17.9 Å². The summed E-state index contributed by atoms with van der Waals surface area (Å²) in [7, 11) is -3.47. The molecular formula is C18H35IN4O3S2. The van der Waals surface area contributed by atoms with Gasteiger partial charge in [-0.15, -0.1) is 35.3 Å². The molecule has 10 heteroatoms. The Morgan fingerprint density at radius 2 is 1.89 bits per heavy atom.